The number of halogens is 1. The molecule has 0 N–H and O–H groups in total. The predicted molar refractivity (Wildman–Crippen MR) is 91.4 cm³/mol. The molecule has 23 heavy (non-hydrogen) atoms. The molecule has 0 spiro atoms. The molecule has 1 aliphatic heterocycles. The molecule has 6 heteroatoms. The summed E-state index contributed by atoms with van der Waals surface area (Å²) < 4.78 is 38.8. The summed E-state index contributed by atoms with van der Waals surface area (Å²) in [4.78, 5) is 2.31. The van der Waals surface area contributed by atoms with Crippen molar-refractivity contribution in [2.45, 2.75) is 32.6 Å². The number of hydrogen-bond acceptors (Lipinski definition) is 3. The minimum atomic E-state index is -3.07. The molecule has 130 valence electrons. The molecule has 0 saturated carbocycles. The zero-order valence-electron chi connectivity index (χ0n) is 13.9. The maximum Gasteiger partial charge on any atom is 0.214 e. The monoisotopic (exact) mass is 342 g/mol. The van der Waals surface area contributed by atoms with Gasteiger partial charge in [0.2, 0.25) is 10.0 Å². The van der Waals surface area contributed by atoms with Gasteiger partial charge in [-0.2, -0.15) is 4.31 Å². The Morgan fingerprint density at radius 3 is 2.30 bits per heavy atom. The van der Waals surface area contributed by atoms with E-state index in [-0.39, 0.29) is 11.6 Å². The van der Waals surface area contributed by atoms with Crippen LogP contribution in [0.4, 0.5) is 4.39 Å². The van der Waals surface area contributed by atoms with E-state index >= 15 is 0 Å². The van der Waals surface area contributed by atoms with E-state index in [2.05, 4.69) is 4.90 Å². The molecule has 1 aliphatic rings. The third-order valence-electron chi connectivity index (χ3n) is 4.33. The average molecular weight is 342 g/mol. The van der Waals surface area contributed by atoms with Crippen molar-refractivity contribution in [2.75, 3.05) is 38.5 Å². The lowest BCUT2D eigenvalue weighted by Crippen LogP contribution is -2.49. The highest BCUT2D eigenvalue weighted by molar-refractivity contribution is 7.89. The van der Waals surface area contributed by atoms with Gasteiger partial charge in [0.25, 0.3) is 0 Å². The predicted octanol–water partition coefficient (Wildman–Crippen LogP) is 2.51. The van der Waals surface area contributed by atoms with Crippen molar-refractivity contribution >= 4 is 10.0 Å². The SMILES string of the molecule is CCCCS(=O)(=O)N1CCN(CCCc2ccc(F)cc2)CC1. The number of aryl methyl sites for hydroxylation is 1. The summed E-state index contributed by atoms with van der Waals surface area (Å²) >= 11 is 0. The van der Waals surface area contributed by atoms with Crippen molar-refractivity contribution in [3.05, 3.63) is 35.6 Å². The first-order valence-corrected chi connectivity index (χ1v) is 10.1. The summed E-state index contributed by atoms with van der Waals surface area (Å²) in [5.41, 5.74) is 1.15. The van der Waals surface area contributed by atoms with Gasteiger partial charge in [-0.05, 0) is 43.5 Å². The molecule has 0 aromatic heterocycles. The Morgan fingerprint density at radius 1 is 1.04 bits per heavy atom. The molecule has 2 rings (SSSR count). The van der Waals surface area contributed by atoms with Crippen LogP contribution in [0.2, 0.25) is 0 Å². The number of nitrogens with zero attached hydrogens (tertiary/aromatic N) is 2. The number of sulfonamides is 1. The van der Waals surface area contributed by atoms with Crippen LogP contribution in [-0.4, -0.2) is 56.1 Å². The third kappa shape index (κ3) is 5.86. The molecule has 0 radical (unpaired) electrons. The number of piperazine rings is 1. The molecule has 0 unspecified atom stereocenters. The van der Waals surface area contributed by atoms with Crippen LogP contribution in [0.1, 0.15) is 31.7 Å². The maximum absolute atomic E-state index is 12.8. The second kappa shape index (κ2) is 8.76. The Labute approximate surface area is 139 Å². The number of unbranched alkanes of at least 4 members (excludes halogenated alkanes) is 1. The smallest absolute Gasteiger partial charge is 0.214 e. The molecule has 1 heterocycles. The fourth-order valence-electron chi connectivity index (χ4n) is 2.84. The second-order valence-corrected chi connectivity index (χ2v) is 8.23. The Bertz CT molecular complexity index is 567. The molecule has 0 bridgehead atoms. The van der Waals surface area contributed by atoms with Crippen LogP contribution in [0.3, 0.4) is 0 Å². The van der Waals surface area contributed by atoms with Crippen LogP contribution in [0, 0.1) is 5.82 Å². The van der Waals surface area contributed by atoms with Crippen LogP contribution in [-0.2, 0) is 16.4 Å². The van der Waals surface area contributed by atoms with Gasteiger partial charge in [-0.25, -0.2) is 12.8 Å². The zero-order chi connectivity index (χ0) is 16.7. The quantitative estimate of drug-likeness (QED) is 0.729. The van der Waals surface area contributed by atoms with E-state index in [1.54, 1.807) is 4.31 Å². The van der Waals surface area contributed by atoms with Crippen LogP contribution in [0.15, 0.2) is 24.3 Å². The van der Waals surface area contributed by atoms with Crippen molar-refractivity contribution in [1.29, 1.82) is 0 Å². The molecule has 1 fully saturated rings. The first-order valence-electron chi connectivity index (χ1n) is 8.46. The summed E-state index contributed by atoms with van der Waals surface area (Å²) in [6, 6.07) is 6.64. The van der Waals surface area contributed by atoms with E-state index in [0.29, 0.717) is 13.1 Å². The van der Waals surface area contributed by atoms with Gasteiger partial charge in [0.05, 0.1) is 5.75 Å². The maximum atomic E-state index is 12.8. The van der Waals surface area contributed by atoms with Gasteiger partial charge in [0.15, 0.2) is 0 Å². The minimum absolute atomic E-state index is 0.200. The molecule has 0 aliphatic carbocycles. The molecule has 1 saturated heterocycles. The Kier molecular flexibility index (Phi) is 6.99. The molecule has 1 aromatic rings. The van der Waals surface area contributed by atoms with Gasteiger partial charge >= 0.3 is 0 Å². The van der Waals surface area contributed by atoms with Gasteiger partial charge in [-0.3, -0.25) is 0 Å². The highest BCUT2D eigenvalue weighted by Crippen LogP contribution is 2.11. The number of rotatable bonds is 8. The topological polar surface area (TPSA) is 40.6 Å². The summed E-state index contributed by atoms with van der Waals surface area (Å²) in [6.45, 7) is 5.77. The third-order valence-corrected chi connectivity index (χ3v) is 6.29. The van der Waals surface area contributed by atoms with Crippen LogP contribution >= 0.6 is 0 Å². The van der Waals surface area contributed by atoms with Crippen molar-refractivity contribution in [2.24, 2.45) is 0 Å². The molecular formula is C17H27FN2O2S. The average Bonchev–Trinajstić information content (AvgIpc) is 2.55. The van der Waals surface area contributed by atoms with E-state index in [4.69, 9.17) is 0 Å². The van der Waals surface area contributed by atoms with Crippen LogP contribution in [0.5, 0.6) is 0 Å². The standard InChI is InChI=1S/C17H27FN2O2S/c1-2-3-15-23(21,22)20-13-11-19(12-14-20)10-4-5-16-6-8-17(18)9-7-16/h6-9H,2-5,10-15H2,1H3. The second-order valence-electron chi connectivity index (χ2n) is 6.14. The Hall–Kier alpha value is -0.980. The highest BCUT2D eigenvalue weighted by atomic mass is 32.2. The lowest BCUT2D eigenvalue weighted by Gasteiger charge is -2.34. The summed E-state index contributed by atoms with van der Waals surface area (Å²) in [5, 5.41) is 0. The lowest BCUT2D eigenvalue weighted by molar-refractivity contribution is 0.187. The van der Waals surface area contributed by atoms with Crippen molar-refractivity contribution < 1.29 is 12.8 Å². The van der Waals surface area contributed by atoms with Gasteiger partial charge in [-0.1, -0.05) is 25.5 Å². The van der Waals surface area contributed by atoms with E-state index in [9.17, 15) is 12.8 Å². The van der Waals surface area contributed by atoms with Crippen LogP contribution < -0.4 is 0 Å². The van der Waals surface area contributed by atoms with Crippen molar-refractivity contribution in [1.82, 2.24) is 9.21 Å². The summed E-state index contributed by atoms with van der Waals surface area (Å²) in [6.07, 6.45) is 3.58. The van der Waals surface area contributed by atoms with Gasteiger partial charge in [0.1, 0.15) is 5.82 Å². The molecular weight excluding hydrogens is 315 g/mol. The lowest BCUT2D eigenvalue weighted by atomic mass is 10.1. The number of benzene rings is 1. The highest BCUT2D eigenvalue weighted by Gasteiger charge is 2.25. The first-order chi connectivity index (χ1) is 11.0. The summed E-state index contributed by atoms with van der Waals surface area (Å²) in [5.74, 6) is 0.0720. The van der Waals surface area contributed by atoms with Crippen LogP contribution in [0.25, 0.3) is 0 Å². The summed E-state index contributed by atoms with van der Waals surface area (Å²) in [7, 11) is -3.07. The van der Waals surface area contributed by atoms with E-state index < -0.39 is 10.0 Å². The Balaban J connectivity index is 1.69. The first kappa shape index (κ1) is 18.4. The van der Waals surface area contributed by atoms with Crippen molar-refractivity contribution in [3.8, 4) is 0 Å². The van der Waals surface area contributed by atoms with Crippen molar-refractivity contribution in [3.63, 3.8) is 0 Å². The molecule has 4 nitrogen and oxygen atoms in total. The fourth-order valence-corrected chi connectivity index (χ4v) is 4.48. The van der Waals surface area contributed by atoms with E-state index in [1.807, 2.05) is 19.1 Å². The number of hydrogen-bond donors (Lipinski definition) is 0. The fraction of sp³-hybridized carbons (Fsp3) is 0.647. The van der Waals surface area contributed by atoms with Gasteiger partial charge in [0, 0.05) is 26.2 Å². The molecule has 0 atom stereocenters. The zero-order valence-corrected chi connectivity index (χ0v) is 14.7. The van der Waals surface area contributed by atoms with E-state index in [0.717, 1.165) is 50.9 Å². The molecule has 0 amide bonds. The Morgan fingerprint density at radius 2 is 1.70 bits per heavy atom. The minimum Gasteiger partial charge on any atom is -0.301 e. The van der Waals surface area contributed by atoms with Gasteiger partial charge in [-0.15, -0.1) is 0 Å². The largest absolute Gasteiger partial charge is 0.301 e. The van der Waals surface area contributed by atoms with Gasteiger partial charge < -0.3 is 4.90 Å². The van der Waals surface area contributed by atoms with E-state index in [1.165, 1.54) is 12.1 Å². The molecule has 1 aromatic carbocycles. The normalized spacial score (nSPS) is 17.5.